The van der Waals surface area contributed by atoms with Crippen LogP contribution in [0.2, 0.25) is 0 Å². The fraction of sp³-hybridized carbons (Fsp3) is 0.841. The summed E-state index contributed by atoms with van der Waals surface area (Å²) in [6.45, 7) is 2.06. The van der Waals surface area contributed by atoms with Crippen molar-refractivity contribution in [3.8, 4) is 0 Å². The topological polar surface area (TPSA) is 0 Å². The van der Waals surface area contributed by atoms with Gasteiger partial charge in [0.05, 0.1) is 34.0 Å². The van der Waals surface area contributed by atoms with Crippen LogP contribution in [0.1, 0.15) is 204 Å². The summed E-state index contributed by atoms with van der Waals surface area (Å²) in [5.74, 6) is 0. The molecule has 6 saturated carbocycles. The molecule has 6 fully saturated rings. The van der Waals surface area contributed by atoms with Crippen LogP contribution < -0.4 is 0 Å². The molecule has 6 aliphatic carbocycles. The Morgan fingerprint density at radius 1 is 0.408 bits per heavy atom. The summed E-state index contributed by atoms with van der Waals surface area (Å²) in [6, 6.07) is 8.16. The zero-order valence-electron chi connectivity index (χ0n) is 31.7. The van der Waals surface area contributed by atoms with E-state index in [0.717, 1.165) is 5.56 Å². The van der Waals surface area contributed by atoms with Gasteiger partial charge in [0.1, 0.15) is 0 Å². The zero-order valence-corrected chi connectivity index (χ0v) is 36.9. The van der Waals surface area contributed by atoms with E-state index in [9.17, 15) is 0 Å². The molecule has 0 bridgehead atoms. The van der Waals surface area contributed by atoms with Gasteiger partial charge in [-0.25, -0.2) is 0 Å². The number of halogens is 2. The summed E-state index contributed by atoms with van der Waals surface area (Å²) in [7, 11) is 11.3. The van der Waals surface area contributed by atoms with Crippen LogP contribution in [0.4, 0.5) is 0 Å². The Morgan fingerprint density at radius 3 is 0.837 bits per heavy atom. The van der Waals surface area contributed by atoms with Gasteiger partial charge in [-0.2, -0.15) is 0 Å². The van der Waals surface area contributed by atoms with Crippen LogP contribution in [-0.4, -0.2) is 38.6 Å². The van der Waals surface area contributed by atoms with Gasteiger partial charge in [0.2, 0.25) is 0 Å². The quantitative estimate of drug-likeness (QED) is 0.190. The van der Waals surface area contributed by atoms with Crippen LogP contribution in [0.25, 0.3) is 0 Å². The fourth-order valence-corrected chi connectivity index (χ4v) is 23.6. The Hall–Kier alpha value is 1.15. The first-order valence-corrected chi connectivity index (χ1v) is 30.7. The molecule has 0 aromatic heterocycles. The van der Waals surface area contributed by atoms with Gasteiger partial charge in [0.15, 0.2) is 0 Å². The molecule has 282 valence electrons. The van der Waals surface area contributed by atoms with Crippen molar-refractivity contribution in [2.45, 2.75) is 234 Å². The van der Waals surface area contributed by atoms with Crippen molar-refractivity contribution >= 4 is 39.8 Å². The summed E-state index contributed by atoms with van der Waals surface area (Å²) in [5, 5.41) is 0. The van der Waals surface area contributed by atoms with Crippen LogP contribution in [0.3, 0.4) is 0 Å². The van der Waals surface area contributed by atoms with Gasteiger partial charge < -0.3 is 0 Å². The van der Waals surface area contributed by atoms with Crippen molar-refractivity contribution in [2.75, 3.05) is 0 Å². The molecule has 0 amide bonds. The van der Waals surface area contributed by atoms with E-state index in [2.05, 4.69) is 19.1 Å². The van der Waals surface area contributed by atoms with Crippen LogP contribution in [-0.2, 0) is 13.5 Å². The van der Waals surface area contributed by atoms with Gasteiger partial charge in [-0.05, 0) is 154 Å². The normalized spacial score (nSPS) is 24.9. The number of hydrogen-bond donors (Lipinski definition) is 0. The van der Waals surface area contributed by atoms with E-state index in [1.54, 1.807) is 193 Å². The second-order valence-electron chi connectivity index (χ2n) is 17.2. The molecule has 0 N–H and O–H groups in total. The van der Waals surface area contributed by atoms with Gasteiger partial charge in [0, 0.05) is 15.8 Å². The third-order valence-corrected chi connectivity index (χ3v) is 24.7. The predicted molar refractivity (Wildman–Crippen MR) is 226 cm³/mol. The maximum atomic E-state index is 5.71. The zero-order chi connectivity index (χ0) is 34.1. The van der Waals surface area contributed by atoms with E-state index in [1.807, 2.05) is 16.7 Å². The molecule has 0 heterocycles. The van der Waals surface area contributed by atoms with Gasteiger partial charge >= 0.3 is 79.8 Å². The van der Waals surface area contributed by atoms with Gasteiger partial charge in [0.25, 0.3) is 0 Å². The van der Waals surface area contributed by atoms with Crippen LogP contribution in [0.5, 0.6) is 0 Å². The number of benzene rings is 1. The molecule has 6 aliphatic rings. The number of hydrogen-bond acceptors (Lipinski definition) is 0. The average molecular weight is 839 g/mol. The molecule has 7 rings (SSSR count). The molecule has 0 spiro atoms. The summed E-state index contributed by atoms with van der Waals surface area (Å²) in [6.07, 6.45) is 47.6. The molecule has 0 aliphatic heterocycles. The van der Waals surface area contributed by atoms with Crippen LogP contribution in [0.15, 0.2) is 24.3 Å². The second kappa shape index (κ2) is 23.8. The van der Waals surface area contributed by atoms with E-state index in [4.69, 9.17) is 19.4 Å². The van der Waals surface area contributed by atoms with Gasteiger partial charge in [-0.1, -0.05) is 38.5 Å². The SMILES string of the molecule is C1CCC([PH+](C2CCCCC2)C2CCCCC2)CC1.C1CCC([PH+](C2CCCCC2)C2CCCCC2)CC1.Cc1ccc([CH]=[Ru]([Cl])[Cl])cc1. The minimum atomic E-state index is -1.63. The third-order valence-electron chi connectivity index (χ3n) is 13.7. The van der Waals surface area contributed by atoms with Crippen molar-refractivity contribution in [1.82, 2.24) is 0 Å². The van der Waals surface area contributed by atoms with Gasteiger partial charge in [-0.15, -0.1) is 0 Å². The molecule has 0 unspecified atom stereocenters. The van der Waals surface area contributed by atoms with E-state index >= 15 is 0 Å². The summed E-state index contributed by atoms with van der Waals surface area (Å²) in [5.41, 5.74) is 9.74. The molecule has 0 saturated heterocycles. The van der Waals surface area contributed by atoms with Crippen molar-refractivity contribution in [3.63, 3.8) is 0 Å². The maximum absolute atomic E-state index is 5.71. The predicted octanol–water partition coefficient (Wildman–Crippen LogP) is 15.5. The molecular formula is C44H76Cl2P2Ru+2. The third kappa shape index (κ3) is 14.4. The Bertz CT molecular complexity index is 882. The molecule has 0 nitrogen and oxygen atoms in total. The molecule has 1 aromatic carbocycles. The molecule has 5 heteroatoms. The van der Waals surface area contributed by atoms with Crippen molar-refractivity contribution < 1.29 is 13.5 Å². The van der Waals surface area contributed by atoms with E-state index in [0.29, 0.717) is 0 Å². The van der Waals surface area contributed by atoms with E-state index < -0.39 is 13.5 Å². The Morgan fingerprint density at radius 2 is 0.633 bits per heavy atom. The first kappa shape index (κ1) is 41.3. The average Bonchev–Trinajstić information content (AvgIpc) is 3.16. The Kier molecular flexibility index (Phi) is 20.1. The second-order valence-corrected chi connectivity index (χ2v) is 29.9. The first-order valence-electron chi connectivity index (χ1n) is 21.7. The first-order chi connectivity index (χ1) is 24.1. The minimum absolute atomic E-state index is 0.0465. The van der Waals surface area contributed by atoms with E-state index in [1.165, 1.54) is 39.5 Å². The summed E-state index contributed by atoms with van der Waals surface area (Å²) in [4.78, 5) is 0. The molecule has 0 atom stereocenters. The van der Waals surface area contributed by atoms with Crippen LogP contribution >= 0.6 is 35.2 Å². The van der Waals surface area contributed by atoms with Crippen molar-refractivity contribution in [3.05, 3.63) is 35.4 Å². The fourth-order valence-electron chi connectivity index (χ4n) is 11.3. The Labute approximate surface area is 320 Å². The molecule has 1 aromatic rings. The standard InChI is InChI=1S/2C18H33P.C8H8.2ClH.Ru/c2*1-4-10-16(11-5-1)19(17-12-6-2-7-13-17)18-14-8-3-9-15-18;1-7-3-5-8(2)6-4-7;;;/h2*16-18H,1-15H2;1,3-6H,2H3;2*1H;/q;;;;;+2. The number of aryl methyl sites for hydroxylation is 1. The van der Waals surface area contributed by atoms with Crippen LogP contribution in [0, 0.1) is 6.92 Å². The molecular weight excluding hydrogens is 762 g/mol. The monoisotopic (exact) mass is 838 g/mol. The molecule has 49 heavy (non-hydrogen) atoms. The molecule has 0 radical (unpaired) electrons. The summed E-state index contributed by atoms with van der Waals surface area (Å²) < 4.78 is 1.94. The Balaban J connectivity index is 0.000000149. The van der Waals surface area contributed by atoms with Crippen molar-refractivity contribution in [2.24, 2.45) is 0 Å². The number of rotatable bonds is 7. The summed E-state index contributed by atoms with van der Waals surface area (Å²) >= 11 is -1.63. The van der Waals surface area contributed by atoms with Gasteiger partial charge in [-0.3, -0.25) is 0 Å². The van der Waals surface area contributed by atoms with E-state index in [-0.39, 0.29) is 15.8 Å². The van der Waals surface area contributed by atoms with Crippen molar-refractivity contribution in [1.29, 1.82) is 0 Å².